The molecule has 1 aliphatic rings. The molecule has 1 aromatic heterocycles. The molecule has 2 aromatic carbocycles. The largest absolute Gasteiger partial charge is 0.481 e. The second-order valence-corrected chi connectivity index (χ2v) is 10.5. The summed E-state index contributed by atoms with van der Waals surface area (Å²) in [6.07, 6.45) is 3.10. The number of benzene rings is 2. The summed E-state index contributed by atoms with van der Waals surface area (Å²) in [6, 6.07) is 18.1. The van der Waals surface area contributed by atoms with Gasteiger partial charge >= 0.3 is 5.97 Å². The monoisotopic (exact) mass is 521 g/mol. The van der Waals surface area contributed by atoms with Gasteiger partial charge in [-0.05, 0) is 42.3 Å². The summed E-state index contributed by atoms with van der Waals surface area (Å²) in [5.41, 5.74) is -0.213. The molecule has 0 radical (unpaired) electrons. The zero-order valence-corrected chi connectivity index (χ0v) is 21.3. The lowest BCUT2D eigenvalue weighted by Crippen LogP contribution is -2.61. The molecular weight excluding hydrogens is 490 g/mol. The van der Waals surface area contributed by atoms with E-state index in [1.165, 1.54) is 11.3 Å². The number of nitrogens with one attached hydrogen (secondary N) is 3. The first-order chi connectivity index (χ1) is 17.9. The Hall–Kier alpha value is -3.72. The number of fused-ring (bicyclic) bond motifs is 1. The second-order valence-electron chi connectivity index (χ2n) is 9.40. The van der Waals surface area contributed by atoms with Gasteiger partial charge in [-0.25, -0.2) is 0 Å². The van der Waals surface area contributed by atoms with E-state index < -0.39 is 17.6 Å². The van der Waals surface area contributed by atoms with Gasteiger partial charge in [0.2, 0.25) is 11.8 Å². The van der Waals surface area contributed by atoms with Crippen LogP contribution in [0.4, 0.5) is 0 Å². The maximum Gasteiger partial charge on any atom is 0.303 e. The van der Waals surface area contributed by atoms with Crippen LogP contribution >= 0.6 is 11.3 Å². The van der Waals surface area contributed by atoms with E-state index in [-0.39, 0.29) is 37.1 Å². The molecule has 1 aliphatic carbocycles. The normalized spacial score (nSPS) is 15.1. The van der Waals surface area contributed by atoms with Crippen LogP contribution in [0.25, 0.3) is 10.1 Å². The van der Waals surface area contributed by atoms with E-state index in [1.807, 2.05) is 60.7 Å². The number of carbonyl (C=O) groups is 4. The molecule has 9 heteroatoms. The fourth-order valence-corrected chi connectivity index (χ4v) is 5.65. The number of hydrogen-bond donors (Lipinski definition) is 4. The number of carbonyl (C=O) groups excluding carboxylic acids is 3. The van der Waals surface area contributed by atoms with E-state index in [2.05, 4.69) is 16.0 Å². The summed E-state index contributed by atoms with van der Waals surface area (Å²) in [5, 5.41) is 18.5. The topological polar surface area (TPSA) is 125 Å². The number of carboxylic acid groups (broad SMARTS) is 1. The maximum absolute atomic E-state index is 13.7. The third-order valence-electron chi connectivity index (χ3n) is 6.66. The third-order valence-corrected chi connectivity index (χ3v) is 7.78. The van der Waals surface area contributed by atoms with E-state index >= 15 is 0 Å². The van der Waals surface area contributed by atoms with Crippen molar-refractivity contribution in [3.63, 3.8) is 0 Å². The Balaban J connectivity index is 1.48. The summed E-state index contributed by atoms with van der Waals surface area (Å²) in [4.78, 5) is 51.2. The van der Waals surface area contributed by atoms with Gasteiger partial charge in [0.25, 0.3) is 5.91 Å². The van der Waals surface area contributed by atoms with Crippen LogP contribution < -0.4 is 16.0 Å². The predicted octanol–water partition coefficient (Wildman–Crippen LogP) is 3.65. The fourth-order valence-electron chi connectivity index (χ4n) is 4.69. The van der Waals surface area contributed by atoms with Crippen molar-refractivity contribution in [2.75, 3.05) is 6.54 Å². The summed E-state index contributed by atoms with van der Waals surface area (Å²) in [6.45, 7) is 0.195. The van der Waals surface area contributed by atoms with Crippen molar-refractivity contribution >= 4 is 45.1 Å². The molecule has 0 unspecified atom stereocenters. The molecule has 1 fully saturated rings. The Morgan fingerprint density at radius 3 is 2.38 bits per heavy atom. The van der Waals surface area contributed by atoms with Gasteiger partial charge in [-0.15, -0.1) is 11.3 Å². The highest BCUT2D eigenvalue weighted by Gasteiger charge is 2.44. The van der Waals surface area contributed by atoms with Crippen LogP contribution in [0.3, 0.4) is 0 Å². The molecule has 4 rings (SSSR count). The van der Waals surface area contributed by atoms with Crippen LogP contribution in [0.5, 0.6) is 0 Å². The number of amides is 3. The highest BCUT2D eigenvalue weighted by Crippen LogP contribution is 2.32. The quantitative estimate of drug-likeness (QED) is 0.287. The Morgan fingerprint density at radius 1 is 0.973 bits per heavy atom. The molecule has 1 saturated carbocycles. The summed E-state index contributed by atoms with van der Waals surface area (Å²) in [7, 11) is 0. The second kappa shape index (κ2) is 12.0. The maximum atomic E-state index is 13.7. The lowest BCUT2D eigenvalue weighted by molar-refractivity contribution is -0.137. The predicted molar refractivity (Wildman–Crippen MR) is 142 cm³/mol. The van der Waals surface area contributed by atoms with Crippen LogP contribution in [-0.2, 0) is 20.8 Å². The zero-order valence-electron chi connectivity index (χ0n) is 20.5. The van der Waals surface area contributed by atoms with Gasteiger partial charge in [-0.2, -0.15) is 0 Å². The first-order valence-electron chi connectivity index (χ1n) is 12.5. The standard InChI is InChI=1S/C28H31N3O5S/c32-24(33)13-8-16-29-25(34)21(17-19-9-2-1-3-10-19)30-27(36)28(14-6-7-15-28)31-26(35)23-18-20-11-4-5-12-22(20)37-23/h1-5,9-12,18,21H,6-8,13-17H2,(H,29,34)(H,30,36)(H,31,35)(H,32,33)/t21-/m1/s1. The Labute approximate surface area is 219 Å². The van der Waals surface area contributed by atoms with Crippen molar-refractivity contribution in [2.45, 2.75) is 56.5 Å². The molecule has 8 nitrogen and oxygen atoms in total. The Morgan fingerprint density at radius 2 is 1.68 bits per heavy atom. The smallest absolute Gasteiger partial charge is 0.303 e. The van der Waals surface area contributed by atoms with Gasteiger partial charge in [-0.1, -0.05) is 61.4 Å². The number of thiophene rings is 1. The van der Waals surface area contributed by atoms with Crippen LogP contribution in [0.1, 0.15) is 53.8 Å². The molecular formula is C28H31N3O5S. The molecule has 3 aromatic rings. The Kier molecular flexibility index (Phi) is 8.55. The van der Waals surface area contributed by atoms with Crippen molar-refractivity contribution in [3.8, 4) is 0 Å². The van der Waals surface area contributed by atoms with Crippen molar-refractivity contribution in [1.29, 1.82) is 0 Å². The van der Waals surface area contributed by atoms with Crippen molar-refractivity contribution in [3.05, 3.63) is 71.1 Å². The molecule has 194 valence electrons. The van der Waals surface area contributed by atoms with Crippen molar-refractivity contribution in [2.24, 2.45) is 0 Å². The van der Waals surface area contributed by atoms with E-state index in [9.17, 15) is 19.2 Å². The van der Waals surface area contributed by atoms with Gasteiger partial charge in [0.15, 0.2) is 0 Å². The molecule has 1 atom stereocenters. The number of hydrogen-bond acceptors (Lipinski definition) is 5. The third kappa shape index (κ3) is 6.74. The van der Waals surface area contributed by atoms with Crippen molar-refractivity contribution < 1.29 is 24.3 Å². The molecule has 37 heavy (non-hydrogen) atoms. The minimum Gasteiger partial charge on any atom is -0.481 e. The number of carboxylic acids is 1. The summed E-state index contributed by atoms with van der Waals surface area (Å²) < 4.78 is 1.00. The lowest BCUT2D eigenvalue weighted by atomic mass is 9.94. The lowest BCUT2D eigenvalue weighted by Gasteiger charge is -2.31. The Bertz CT molecular complexity index is 1230. The number of rotatable bonds is 11. The van der Waals surface area contributed by atoms with Gasteiger partial charge in [0, 0.05) is 24.1 Å². The molecule has 0 aliphatic heterocycles. The van der Waals surface area contributed by atoms with Gasteiger partial charge in [-0.3, -0.25) is 19.2 Å². The molecule has 0 spiro atoms. The van der Waals surface area contributed by atoms with Crippen LogP contribution in [0.2, 0.25) is 0 Å². The fraction of sp³-hybridized carbons (Fsp3) is 0.357. The molecule has 4 N–H and O–H groups in total. The van der Waals surface area contributed by atoms with E-state index in [1.54, 1.807) is 0 Å². The highest BCUT2D eigenvalue weighted by molar-refractivity contribution is 7.20. The molecule has 0 saturated heterocycles. The van der Waals surface area contributed by atoms with E-state index in [0.29, 0.717) is 24.1 Å². The van der Waals surface area contributed by atoms with Gasteiger partial charge in [0.05, 0.1) is 4.88 Å². The molecule has 1 heterocycles. The van der Waals surface area contributed by atoms with Crippen LogP contribution in [0.15, 0.2) is 60.7 Å². The van der Waals surface area contributed by atoms with E-state index in [4.69, 9.17) is 5.11 Å². The summed E-state index contributed by atoms with van der Waals surface area (Å²) >= 11 is 1.38. The highest BCUT2D eigenvalue weighted by atomic mass is 32.1. The first-order valence-corrected chi connectivity index (χ1v) is 13.3. The van der Waals surface area contributed by atoms with Crippen molar-refractivity contribution in [1.82, 2.24) is 16.0 Å². The average molecular weight is 522 g/mol. The minimum absolute atomic E-state index is 0.0527. The number of aliphatic carboxylic acids is 1. The van der Waals surface area contributed by atoms with Crippen LogP contribution in [-0.4, -0.2) is 46.9 Å². The minimum atomic E-state index is -1.09. The zero-order chi connectivity index (χ0) is 26.3. The molecule has 0 bridgehead atoms. The van der Waals surface area contributed by atoms with E-state index in [0.717, 1.165) is 28.5 Å². The van der Waals surface area contributed by atoms with Gasteiger partial charge in [0.1, 0.15) is 11.6 Å². The molecule has 3 amide bonds. The average Bonchev–Trinajstić information content (AvgIpc) is 3.54. The van der Waals surface area contributed by atoms with Crippen LogP contribution in [0, 0.1) is 0 Å². The first kappa shape index (κ1) is 26.3. The SMILES string of the molecule is O=C(O)CCCNC(=O)[C@@H](Cc1ccccc1)NC(=O)C1(NC(=O)c2cc3ccccc3s2)CCCC1. The summed E-state index contributed by atoms with van der Waals surface area (Å²) in [5.74, 6) is -1.98. The van der Waals surface area contributed by atoms with Gasteiger partial charge < -0.3 is 21.1 Å².